The van der Waals surface area contributed by atoms with Crippen LogP contribution in [0.5, 0.6) is 6.01 Å². The summed E-state index contributed by atoms with van der Waals surface area (Å²) in [6.07, 6.45) is 2.20. The van der Waals surface area contributed by atoms with Crippen molar-refractivity contribution in [1.82, 2.24) is 14.8 Å². The molecule has 21 heavy (non-hydrogen) atoms. The molecule has 0 spiro atoms. The quantitative estimate of drug-likeness (QED) is 0.762. The van der Waals surface area contributed by atoms with Crippen molar-refractivity contribution in [1.29, 1.82) is 0 Å². The van der Waals surface area contributed by atoms with Gasteiger partial charge in [0, 0.05) is 5.56 Å². The van der Waals surface area contributed by atoms with Crippen LogP contribution in [0.4, 0.5) is 0 Å². The Hall–Kier alpha value is -2.37. The zero-order valence-electron chi connectivity index (χ0n) is 11.9. The third-order valence-electron chi connectivity index (χ3n) is 3.16. The van der Waals surface area contributed by atoms with Crippen molar-refractivity contribution in [2.24, 2.45) is 0 Å². The molecule has 1 aliphatic carbocycles. The molecule has 0 radical (unpaired) electrons. The van der Waals surface area contributed by atoms with E-state index in [1.165, 1.54) is 0 Å². The molecule has 1 aromatic heterocycles. The molecular formula is C15H17N3O3. The van der Waals surface area contributed by atoms with Gasteiger partial charge in [-0.3, -0.25) is 0 Å². The van der Waals surface area contributed by atoms with E-state index in [-0.39, 0.29) is 12.6 Å². The Morgan fingerprint density at radius 2 is 2.10 bits per heavy atom. The Morgan fingerprint density at radius 1 is 1.33 bits per heavy atom. The molecule has 0 atom stereocenters. The molecule has 0 amide bonds. The van der Waals surface area contributed by atoms with Crippen LogP contribution in [0, 0.1) is 0 Å². The lowest BCUT2D eigenvalue weighted by atomic mass is 10.2. The van der Waals surface area contributed by atoms with Gasteiger partial charge in [-0.25, -0.2) is 9.48 Å². The molecular weight excluding hydrogens is 270 g/mol. The summed E-state index contributed by atoms with van der Waals surface area (Å²) in [6, 6.07) is 10.4. The highest BCUT2D eigenvalue weighted by molar-refractivity contribution is 5.70. The zero-order chi connectivity index (χ0) is 14.7. The Bertz CT molecular complexity index is 620. The van der Waals surface area contributed by atoms with E-state index in [1.54, 1.807) is 6.92 Å². The van der Waals surface area contributed by atoms with Crippen molar-refractivity contribution in [3.63, 3.8) is 0 Å². The molecule has 110 valence electrons. The second kappa shape index (κ2) is 5.95. The van der Waals surface area contributed by atoms with E-state index in [0.29, 0.717) is 12.6 Å². The maximum atomic E-state index is 11.3. The highest BCUT2D eigenvalue weighted by Crippen LogP contribution is 2.38. The lowest BCUT2D eigenvalue weighted by molar-refractivity contribution is -0.145. The predicted molar refractivity (Wildman–Crippen MR) is 75.9 cm³/mol. The zero-order valence-corrected chi connectivity index (χ0v) is 11.9. The summed E-state index contributed by atoms with van der Waals surface area (Å²) in [5.74, 6) is 0.360. The van der Waals surface area contributed by atoms with Crippen LogP contribution in [0.1, 0.15) is 25.8 Å². The highest BCUT2D eigenvalue weighted by Gasteiger charge is 2.29. The van der Waals surface area contributed by atoms with Gasteiger partial charge in [0.2, 0.25) is 0 Å². The number of esters is 1. The minimum atomic E-state index is -0.415. The number of benzene rings is 1. The average molecular weight is 287 g/mol. The SMILES string of the molecule is CCOC(=O)COc1nc(-c2ccccc2)n(C2CC2)n1. The van der Waals surface area contributed by atoms with Crippen LogP contribution in [0.15, 0.2) is 30.3 Å². The van der Waals surface area contributed by atoms with Crippen LogP contribution in [0.25, 0.3) is 11.4 Å². The molecule has 0 aliphatic heterocycles. The first-order valence-electron chi connectivity index (χ1n) is 7.08. The lowest BCUT2D eigenvalue weighted by Gasteiger charge is -2.02. The van der Waals surface area contributed by atoms with Crippen LogP contribution >= 0.6 is 0 Å². The topological polar surface area (TPSA) is 66.2 Å². The number of rotatable bonds is 6. The Kier molecular flexibility index (Phi) is 3.85. The number of hydrogen-bond acceptors (Lipinski definition) is 5. The molecule has 3 rings (SSSR count). The molecule has 1 fully saturated rings. The molecule has 6 nitrogen and oxygen atoms in total. The number of carbonyl (C=O) groups excluding carboxylic acids is 1. The van der Waals surface area contributed by atoms with Crippen LogP contribution in [0.2, 0.25) is 0 Å². The van der Waals surface area contributed by atoms with Gasteiger partial charge in [0.25, 0.3) is 0 Å². The number of nitrogens with zero attached hydrogens (tertiary/aromatic N) is 3. The van der Waals surface area contributed by atoms with Gasteiger partial charge in [0.1, 0.15) is 0 Å². The molecule has 1 aromatic carbocycles. The second-order valence-corrected chi connectivity index (χ2v) is 4.85. The minimum absolute atomic E-state index is 0.170. The molecule has 0 N–H and O–H groups in total. The van der Waals surface area contributed by atoms with Crippen molar-refractivity contribution < 1.29 is 14.3 Å². The molecule has 0 unspecified atom stereocenters. The van der Waals surface area contributed by atoms with Gasteiger partial charge in [0.15, 0.2) is 12.4 Å². The molecule has 0 bridgehead atoms. The van der Waals surface area contributed by atoms with Gasteiger partial charge in [-0.2, -0.15) is 4.98 Å². The highest BCUT2D eigenvalue weighted by atomic mass is 16.6. The summed E-state index contributed by atoms with van der Waals surface area (Å²) >= 11 is 0. The molecule has 1 heterocycles. The predicted octanol–water partition coefficient (Wildman–Crippen LogP) is 2.22. The van der Waals surface area contributed by atoms with E-state index in [4.69, 9.17) is 9.47 Å². The smallest absolute Gasteiger partial charge is 0.344 e. The fourth-order valence-corrected chi connectivity index (χ4v) is 2.05. The first kappa shape index (κ1) is 13.6. The van der Waals surface area contributed by atoms with Gasteiger partial charge in [-0.15, -0.1) is 5.10 Å². The summed E-state index contributed by atoms with van der Waals surface area (Å²) in [5, 5.41) is 4.36. The Labute approximate surface area is 122 Å². The summed E-state index contributed by atoms with van der Waals surface area (Å²) < 4.78 is 12.0. The van der Waals surface area contributed by atoms with E-state index in [2.05, 4.69) is 10.1 Å². The number of carbonyl (C=O) groups is 1. The Morgan fingerprint density at radius 3 is 2.76 bits per heavy atom. The molecule has 0 saturated heterocycles. The molecule has 1 saturated carbocycles. The first-order valence-corrected chi connectivity index (χ1v) is 7.08. The Balaban J connectivity index is 1.79. The number of ether oxygens (including phenoxy) is 2. The van der Waals surface area contributed by atoms with Crippen molar-refractivity contribution in [3.05, 3.63) is 30.3 Å². The third-order valence-corrected chi connectivity index (χ3v) is 3.16. The van der Waals surface area contributed by atoms with Gasteiger partial charge in [-0.05, 0) is 19.8 Å². The fraction of sp³-hybridized carbons (Fsp3) is 0.400. The van der Waals surface area contributed by atoms with E-state index in [0.717, 1.165) is 24.2 Å². The van der Waals surface area contributed by atoms with Crippen LogP contribution in [-0.2, 0) is 9.53 Å². The van der Waals surface area contributed by atoms with Gasteiger partial charge in [0.05, 0.1) is 12.6 Å². The molecule has 6 heteroatoms. The second-order valence-electron chi connectivity index (χ2n) is 4.85. The van der Waals surface area contributed by atoms with Gasteiger partial charge in [-0.1, -0.05) is 30.3 Å². The van der Waals surface area contributed by atoms with Crippen LogP contribution < -0.4 is 4.74 Å². The minimum Gasteiger partial charge on any atom is -0.463 e. The van der Waals surface area contributed by atoms with Crippen molar-refractivity contribution in [3.8, 4) is 17.4 Å². The van der Waals surface area contributed by atoms with E-state index in [1.807, 2.05) is 35.0 Å². The molecule has 2 aromatic rings. The average Bonchev–Trinajstić information content (AvgIpc) is 3.26. The van der Waals surface area contributed by atoms with Crippen LogP contribution in [-0.4, -0.2) is 33.9 Å². The molecule has 1 aliphatic rings. The number of aromatic nitrogens is 3. The van der Waals surface area contributed by atoms with Crippen LogP contribution in [0.3, 0.4) is 0 Å². The van der Waals surface area contributed by atoms with Gasteiger partial charge >= 0.3 is 12.0 Å². The largest absolute Gasteiger partial charge is 0.463 e. The summed E-state index contributed by atoms with van der Waals surface area (Å²) in [6.45, 7) is 1.92. The van der Waals surface area contributed by atoms with Gasteiger partial charge < -0.3 is 9.47 Å². The van der Waals surface area contributed by atoms with E-state index in [9.17, 15) is 4.79 Å². The monoisotopic (exact) mass is 287 g/mol. The standard InChI is InChI=1S/C15H17N3O3/c1-2-20-13(19)10-21-15-16-14(11-6-4-3-5-7-11)18(17-15)12-8-9-12/h3-7,12H,2,8-10H2,1H3. The van der Waals surface area contributed by atoms with E-state index >= 15 is 0 Å². The third kappa shape index (κ3) is 3.21. The maximum absolute atomic E-state index is 11.3. The van der Waals surface area contributed by atoms with E-state index < -0.39 is 5.97 Å². The van der Waals surface area contributed by atoms with Crippen molar-refractivity contribution in [2.45, 2.75) is 25.8 Å². The van der Waals surface area contributed by atoms with Crippen molar-refractivity contribution >= 4 is 5.97 Å². The summed E-state index contributed by atoms with van der Waals surface area (Å²) in [4.78, 5) is 15.7. The summed E-state index contributed by atoms with van der Waals surface area (Å²) in [7, 11) is 0. The fourth-order valence-electron chi connectivity index (χ4n) is 2.05. The van der Waals surface area contributed by atoms with Crippen molar-refractivity contribution in [2.75, 3.05) is 13.2 Å². The normalized spacial score (nSPS) is 14.0. The first-order chi connectivity index (χ1) is 10.3. The number of hydrogen-bond donors (Lipinski definition) is 0. The lowest BCUT2D eigenvalue weighted by Crippen LogP contribution is -2.15. The maximum Gasteiger partial charge on any atom is 0.344 e. The summed E-state index contributed by atoms with van der Waals surface area (Å²) in [5.41, 5.74) is 0.989.